The summed E-state index contributed by atoms with van der Waals surface area (Å²) < 4.78 is 5.43. The first-order valence-corrected chi connectivity index (χ1v) is 7.07. The van der Waals surface area contributed by atoms with Crippen LogP contribution in [-0.2, 0) is 9.59 Å². The minimum Gasteiger partial charge on any atom is -0.484 e. The highest BCUT2D eigenvalue weighted by molar-refractivity contribution is 5.86. The normalized spacial score (nSPS) is 11.0. The number of nitrogens with one attached hydrogen (secondary N) is 2. The predicted octanol–water partition coefficient (Wildman–Crippen LogP) is 2.41. The van der Waals surface area contributed by atoms with E-state index in [0.717, 1.165) is 10.8 Å². The number of carbonyl (C=O) groups is 2. The van der Waals surface area contributed by atoms with Gasteiger partial charge in [-0.2, -0.15) is 0 Å². The summed E-state index contributed by atoms with van der Waals surface area (Å²) >= 11 is 0. The summed E-state index contributed by atoms with van der Waals surface area (Å²) in [5.41, 5.74) is 4.14. The number of fused-ring (bicyclic) bond motifs is 1. The second-order valence-electron chi connectivity index (χ2n) is 6.05. The van der Waals surface area contributed by atoms with Gasteiger partial charge < -0.3 is 4.74 Å². The lowest BCUT2D eigenvalue weighted by Crippen LogP contribution is -2.48. The van der Waals surface area contributed by atoms with Crippen molar-refractivity contribution in [2.24, 2.45) is 5.41 Å². The van der Waals surface area contributed by atoms with Crippen LogP contribution in [0.3, 0.4) is 0 Å². The number of benzene rings is 2. The standard InChI is InChI=1S/C17H20N2O3/c1-17(2,3)16(21)19-18-15(20)11-22-14-9-8-12-6-4-5-7-13(12)10-14/h4-10H,11H2,1-3H3,(H,18,20)(H,19,21). The molecule has 2 N–H and O–H groups in total. The van der Waals surface area contributed by atoms with Crippen LogP contribution in [0.4, 0.5) is 0 Å². The molecule has 2 aromatic rings. The van der Waals surface area contributed by atoms with E-state index in [2.05, 4.69) is 10.9 Å². The highest BCUT2D eigenvalue weighted by atomic mass is 16.5. The van der Waals surface area contributed by atoms with Gasteiger partial charge in [-0.1, -0.05) is 51.1 Å². The molecule has 0 aliphatic rings. The van der Waals surface area contributed by atoms with Gasteiger partial charge in [0.15, 0.2) is 6.61 Å². The van der Waals surface area contributed by atoms with Crippen LogP contribution in [0.2, 0.25) is 0 Å². The Labute approximate surface area is 129 Å². The van der Waals surface area contributed by atoms with Gasteiger partial charge in [0.05, 0.1) is 0 Å². The minimum absolute atomic E-state index is 0.164. The van der Waals surface area contributed by atoms with Crippen LogP contribution in [0.5, 0.6) is 5.75 Å². The monoisotopic (exact) mass is 300 g/mol. The summed E-state index contributed by atoms with van der Waals surface area (Å²) in [6.45, 7) is 5.13. The lowest BCUT2D eigenvalue weighted by Gasteiger charge is -2.17. The van der Waals surface area contributed by atoms with Crippen molar-refractivity contribution < 1.29 is 14.3 Å². The van der Waals surface area contributed by atoms with E-state index in [1.165, 1.54) is 0 Å². The molecule has 0 saturated carbocycles. The lowest BCUT2D eigenvalue weighted by atomic mass is 9.96. The number of hydrogen-bond acceptors (Lipinski definition) is 3. The van der Waals surface area contributed by atoms with Crippen LogP contribution in [-0.4, -0.2) is 18.4 Å². The van der Waals surface area contributed by atoms with Crippen LogP contribution in [0, 0.1) is 5.41 Å². The zero-order chi connectivity index (χ0) is 16.2. The Morgan fingerprint density at radius 1 is 1.00 bits per heavy atom. The molecular formula is C17H20N2O3. The van der Waals surface area contributed by atoms with Gasteiger partial charge in [-0.15, -0.1) is 0 Å². The third kappa shape index (κ3) is 4.22. The molecule has 0 aliphatic heterocycles. The summed E-state index contributed by atoms with van der Waals surface area (Å²) in [6.07, 6.45) is 0. The first-order chi connectivity index (χ1) is 10.4. The molecule has 0 fully saturated rings. The summed E-state index contributed by atoms with van der Waals surface area (Å²) in [5.74, 6) is -0.0617. The molecule has 0 bridgehead atoms. The maximum Gasteiger partial charge on any atom is 0.276 e. The number of rotatable bonds is 3. The molecule has 0 radical (unpaired) electrons. The van der Waals surface area contributed by atoms with Gasteiger partial charge in [0.2, 0.25) is 5.91 Å². The average molecular weight is 300 g/mol. The Hall–Kier alpha value is -2.56. The molecule has 2 rings (SSSR count). The van der Waals surface area contributed by atoms with E-state index in [9.17, 15) is 9.59 Å². The third-order valence-corrected chi connectivity index (χ3v) is 3.09. The molecule has 22 heavy (non-hydrogen) atoms. The number of hydrogen-bond donors (Lipinski definition) is 2. The second-order valence-corrected chi connectivity index (χ2v) is 6.05. The highest BCUT2D eigenvalue weighted by Gasteiger charge is 2.21. The average Bonchev–Trinajstić information content (AvgIpc) is 2.49. The largest absolute Gasteiger partial charge is 0.484 e. The topological polar surface area (TPSA) is 67.4 Å². The smallest absolute Gasteiger partial charge is 0.276 e. The van der Waals surface area contributed by atoms with Gasteiger partial charge >= 0.3 is 0 Å². The third-order valence-electron chi connectivity index (χ3n) is 3.09. The molecule has 116 valence electrons. The van der Waals surface area contributed by atoms with E-state index in [0.29, 0.717) is 5.75 Å². The summed E-state index contributed by atoms with van der Waals surface area (Å²) in [7, 11) is 0. The van der Waals surface area contributed by atoms with Gasteiger partial charge in [0, 0.05) is 5.41 Å². The molecule has 0 atom stereocenters. The molecule has 2 amide bonds. The predicted molar refractivity (Wildman–Crippen MR) is 85.2 cm³/mol. The van der Waals surface area contributed by atoms with Crippen molar-refractivity contribution in [3.63, 3.8) is 0 Å². The lowest BCUT2D eigenvalue weighted by molar-refractivity contribution is -0.134. The van der Waals surface area contributed by atoms with Crippen LogP contribution in [0.15, 0.2) is 42.5 Å². The van der Waals surface area contributed by atoms with Crippen molar-refractivity contribution in [3.8, 4) is 5.75 Å². The number of hydrazine groups is 1. The van der Waals surface area contributed by atoms with Crippen LogP contribution < -0.4 is 15.6 Å². The first kappa shape index (κ1) is 15.8. The van der Waals surface area contributed by atoms with Crippen molar-refractivity contribution in [1.82, 2.24) is 10.9 Å². The van der Waals surface area contributed by atoms with Crippen LogP contribution in [0.25, 0.3) is 10.8 Å². The molecule has 0 aliphatic carbocycles. The van der Waals surface area contributed by atoms with Crippen LogP contribution >= 0.6 is 0 Å². The maximum atomic E-state index is 11.7. The fourth-order valence-electron chi connectivity index (χ4n) is 1.76. The van der Waals surface area contributed by atoms with Gasteiger partial charge in [-0.3, -0.25) is 20.4 Å². The van der Waals surface area contributed by atoms with E-state index in [-0.39, 0.29) is 12.5 Å². The fraction of sp³-hybridized carbons (Fsp3) is 0.294. The molecular weight excluding hydrogens is 280 g/mol. The molecule has 0 heterocycles. The number of amides is 2. The van der Waals surface area contributed by atoms with Crippen molar-refractivity contribution in [2.75, 3.05) is 6.61 Å². The van der Waals surface area contributed by atoms with Gasteiger partial charge in [0.25, 0.3) is 5.91 Å². The minimum atomic E-state index is -0.563. The molecule has 5 heteroatoms. The van der Waals surface area contributed by atoms with Crippen molar-refractivity contribution in [1.29, 1.82) is 0 Å². The Morgan fingerprint density at radius 2 is 1.68 bits per heavy atom. The zero-order valence-corrected chi connectivity index (χ0v) is 13.0. The fourth-order valence-corrected chi connectivity index (χ4v) is 1.76. The maximum absolute atomic E-state index is 11.7. The van der Waals surface area contributed by atoms with E-state index < -0.39 is 11.3 Å². The highest BCUT2D eigenvalue weighted by Crippen LogP contribution is 2.20. The number of ether oxygens (including phenoxy) is 1. The summed E-state index contributed by atoms with van der Waals surface area (Å²) in [4.78, 5) is 23.3. The molecule has 0 saturated heterocycles. The SMILES string of the molecule is CC(C)(C)C(=O)NNC(=O)COc1ccc2ccccc2c1. The molecule has 5 nitrogen and oxygen atoms in total. The van der Waals surface area contributed by atoms with Crippen molar-refractivity contribution in [3.05, 3.63) is 42.5 Å². The van der Waals surface area contributed by atoms with Gasteiger partial charge in [0.1, 0.15) is 5.75 Å². The van der Waals surface area contributed by atoms with E-state index in [1.54, 1.807) is 20.8 Å². The molecule has 0 aromatic heterocycles. The van der Waals surface area contributed by atoms with Crippen molar-refractivity contribution >= 4 is 22.6 Å². The Balaban J connectivity index is 1.86. The van der Waals surface area contributed by atoms with E-state index in [1.807, 2.05) is 42.5 Å². The summed E-state index contributed by atoms with van der Waals surface area (Å²) in [5, 5.41) is 2.15. The Kier molecular flexibility index (Phi) is 4.65. The number of carbonyl (C=O) groups excluding carboxylic acids is 2. The second kappa shape index (κ2) is 6.47. The Morgan fingerprint density at radius 3 is 2.36 bits per heavy atom. The van der Waals surface area contributed by atoms with Gasteiger partial charge in [-0.25, -0.2) is 0 Å². The zero-order valence-electron chi connectivity index (χ0n) is 13.0. The molecule has 0 spiro atoms. The molecule has 0 unspecified atom stereocenters. The van der Waals surface area contributed by atoms with Crippen molar-refractivity contribution in [2.45, 2.75) is 20.8 Å². The molecule has 2 aromatic carbocycles. The van der Waals surface area contributed by atoms with E-state index >= 15 is 0 Å². The quantitative estimate of drug-likeness (QED) is 0.855. The van der Waals surface area contributed by atoms with Gasteiger partial charge in [-0.05, 0) is 22.9 Å². The van der Waals surface area contributed by atoms with Crippen LogP contribution in [0.1, 0.15) is 20.8 Å². The first-order valence-electron chi connectivity index (χ1n) is 7.07. The van der Waals surface area contributed by atoms with E-state index in [4.69, 9.17) is 4.74 Å². The summed E-state index contributed by atoms with van der Waals surface area (Å²) in [6, 6.07) is 13.5. The Bertz CT molecular complexity index is 690.